The van der Waals surface area contributed by atoms with Crippen molar-refractivity contribution in [1.82, 2.24) is 0 Å². The fourth-order valence-electron chi connectivity index (χ4n) is 2.28. The molecule has 0 bridgehead atoms. The smallest absolute Gasteiger partial charge is 0.293 e. The molecule has 1 saturated heterocycles. The van der Waals surface area contributed by atoms with Gasteiger partial charge in [-0.25, -0.2) is 4.39 Å². The third-order valence-electron chi connectivity index (χ3n) is 3.43. The van der Waals surface area contributed by atoms with Crippen molar-refractivity contribution in [2.45, 2.75) is 12.8 Å². The minimum atomic E-state index is -0.477. The van der Waals surface area contributed by atoms with Crippen molar-refractivity contribution in [2.24, 2.45) is 5.92 Å². The largest absolute Gasteiger partial charge is 0.396 e. The third-order valence-corrected chi connectivity index (χ3v) is 4.25. The number of piperidine rings is 1. The highest BCUT2D eigenvalue weighted by Gasteiger charge is 2.26. The molecule has 0 radical (unpaired) electrons. The Balaban J connectivity index is 2.29. The first-order chi connectivity index (χ1) is 9.02. The van der Waals surface area contributed by atoms with Crippen LogP contribution < -0.4 is 4.90 Å². The summed E-state index contributed by atoms with van der Waals surface area (Å²) >= 11 is 1.75. The van der Waals surface area contributed by atoms with E-state index in [0.29, 0.717) is 18.8 Å². The first-order valence-corrected chi connectivity index (χ1v) is 7.10. The zero-order valence-electron chi connectivity index (χ0n) is 10.2. The van der Waals surface area contributed by atoms with Crippen molar-refractivity contribution in [3.8, 4) is 0 Å². The Kier molecular flexibility index (Phi) is 4.56. The molecule has 0 unspecified atom stereocenters. The van der Waals surface area contributed by atoms with Gasteiger partial charge in [0.05, 0.1) is 8.49 Å². The highest BCUT2D eigenvalue weighted by molar-refractivity contribution is 14.1. The lowest BCUT2D eigenvalue weighted by molar-refractivity contribution is -0.384. The van der Waals surface area contributed by atoms with Crippen LogP contribution in [0.2, 0.25) is 0 Å². The number of nitro groups is 1. The Morgan fingerprint density at radius 1 is 1.47 bits per heavy atom. The van der Waals surface area contributed by atoms with E-state index in [2.05, 4.69) is 0 Å². The fourth-order valence-corrected chi connectivity index (χ4v) is 2.73. The molecule has 0 spiro atoms. The average molecular weight is 380 g/mol. The second-order valence-electron chi connectivity index (χ2n) is 4.63. The summed E-state index contributed by atoms with van der Waals surface area (Å²) in [7, 11) is 0. The molecule has 0 aromatic heterocycles. The van der Waals surface area contributed by atoms with Crippen molar-refractivity contribution in [3.05, 3.63) is 31.6 Å². The minimum absolute atomic E-state index is 0.0618. The molecular formula is C12H14FIN2O3. The molecule has 7 heteroatoms. The van der Waals surface area contributed by atoms with Crippen LogP contribution >= 0.6 is 22.6 Å². The van der Waals surface area contributed by atoms with Crippen LogP contribution in [0.25, 0.3) is 0 Å². The van der Waals surface area contributed by atoms with Crippen molar-refractivity contribution < 1.29 is 14.4 Å². The Labute approximate surface area is 123 Å². The second-order valence-corrected chi connectivity index (χ2v) is 5.79. The molecular weight excluding hydrogens is 366 g/mol. The van der Waals surface area contributed by atoms with Gasteiger partial charge in [0.25, 0.3) is 5.69 Å². The van der Waals surface area contributed by atoms with Crippen LogP contribution in [-0.4, -0.2) is 29.7 Å². The highest BCUT2D eigenvalue weighted by atomic mass is 127. The molecule has 5 nitrogen and oxygen atoms in total. The van der Waals surface area contributed by atoms with E-state index in [0.717, 1.165) is 12.8 Å². The summed E-state index contributed by atoms with van der Waals surface area (Å²) in [5.74, 6) is -0.200. The molecule has 0 saturated carbocycles. The SMILES string of the molecule is O=[N+]([O-])c1cc(I)c(F)cc1N1CCC(CO)CC1. The summed E-state index contributed by atoms with van der Waals surface area (Å²) in [5, 5.41) is 20.1. The van der Waals surface area contributed by atoms with Crippen molar-refractivity contribution in [3.63, 3.8) is 0 Å². The van der Waals surface area contributed by atoms with Gasteiger partial charge in [-0.3, -0.25) is 10.1 Å². The number of rotatable bonds is 3. The first-order valence-electron chi connectivity index (χ1n) is 6.02. The van der Waals surface area contributed by atoms with E-state index in [-0.39, 0.29) is 21.8 Å². The number of halogens is 2. The molecule has 104 valence electrons. The van der Waals surface area contributed by atoms with Gasteiger partial charge in [0.15, 0.2) is 0 Å². The van der Waals surface area contributed by atoms with Crippen molar-refractivity contribution >= 4 is 34.0 Å². The maximum Gasteiger partial charge on any atom is 0.293 e. The number of hydrogen-bond donors (Lipinski definition) is 1. The maximum atomic E-state index is 13.6. The van der Waals surface area contributed by atoms with Gasteiger partial charge in [-0.15, -0.1) is 0 Å². The number of nitrogens with zero attached hydrogens (tertiary/aromatic N) is 2. The summed E-state index contributed by atoms with van der Waals surface area (Å²) in [4.78, 5) is 12.4. The molecule has 1 N–H and O–H groups in total. The van der Waals surface area contributed by atoms with Gasteiger partial charge in [0, 0.05) is 31.8 Å². The van der Waals surface area contributed by atoms with Crippen LogP contribution in [0.15, 0.2) is 12.1 Å². The van der Waals surface area contributed by atoms with Gasteiger partial charge in [-0.05, 0) is 41.4 Å². The van der Waals surface area contributed by atoms with Crippen molar-refractivity contribution in [1.29, 1.82) is 0 Å². The van der Waals surface area contributed by atoms with E-state index in [9.17, 15) is 14.5 Å². The van der Waals surface area contributed by atoms with E-state index in [1.165, 1.54) is 12.1 Å². The maximum absolute atomic E-state index is 13.6. The zero-order valence-corrected chi connectivity index (χ0v) is 12.3. The van der Waals surface area contributed by atoms with Crippen LogP contribution in [0.3, 0.4) is 0 Å². The normalized spacial score (nSPS) is 16.7. The van der Waals surface area contributed by atoms with Gasteiger partial charge in [0.2, 0.25) is 0 Å². The molecule has 1 fully saturated rings. The van der Waals surface area contributed by atoms with E-state index in [1.54, 1.807) is 22.6 Å². The Morgan fingerprint density at radius 2 is 2.11 bits per heavy atom. The van der Waals surface area contributed by atoms with Crippen molar-refractivity contribution in [2.75, 3.05) is 24.6 Å². The van der Waals surface area contributed by atoms with E-state index in [1.807, 2.05) is 4.90 Å². The van der Waals surface area contributed by atoms with Gasteiger partial charge in [-0.1, -0.05) is 0 Å². The predicted octanol–water partition coefficient (Wildman–Crippen LogP) is 2.55. The van der Waals surface area contributed by atoms with Gasteiger partial charge < -0.3 is 10.0 Å². The molecule has 1 aliphatic rings. The molecule has 0 aliphatic carbocycles. The summed E-state index contributed by atoms with van der Waals surface area (Å²) < 4.78 is 13.9. The Hall–Kier alpha value is -0.960. The van der Waals surface area contributed by atoms with Gasteiger partial charge in [-0.2, -0.15) is 0 Å². The third kappa shape index (κ3) is 3.14. The lowest BCUT2D eigenvalue weighted by Gasteiger charge is -2.32. The van der Waals surface area contributed by atoms with Crippen LogP contribution in [0.5, 0.6) is 0 Å². The topological polar surface area (TPSA) is 66.6 Å². The van der Waals surface area contributed by atoms with Crippen LogP contribution in [-0.2, 0) is 0 Å². The molecule has 0 atom stereocenters. The molecule has 19 heavy (non-hydrogen) atoms. The highest BCUT2D eigenvalue weighted by Crippen LogP contribution is 2.34. The number of benzene rings is 1. The lowest BCUT2D eigenvalue weighted by atomic mass is 9.97. The molecule has 1 aromatic carbocycles. The van der Waals surface area contributed by atoms with Crippen LogP contribution in [0.4, 0.5) is 15.8 Å². The number of nitro benzene ring substituents is 1. The van der Waals surface area contributed by atoms with E-state index < -0.39 is 10.7 Å². The van der Waals surface area contributed by atoms with E-state index in [4.69, 9.17) is 5.11 Å². The summed E-state index contributed by atoms with van der Waals surface area (Å²) in [6.07, 6.45) is 1.53. The number of anilines is 1. The average Bonchev–Trinajstić information content (AvgIpc) is 2.41. The Morgan fingerprint density at radius 3 is 2.63 bits per heavy atom. The molecule has 2 rings (SSSR count). The van der Waals surface area contributed by atoms with Gasteiger partial charge >= 0.3 is 0 Å². The summed E-state index contributed by atoms with van der Waals surface area (Å²) in [5.41, 5.74) is 0.271. The number of aliphatic hydroxyl groups is 1. The number of hydrogen-bond acceptors (Lipinski definition) is 4. The minimum Gasteiger partial charge on any atom is -0.396 e. The molecule has 1 heterocycles. The molecule has 1 aliphatic heterocycles. The second kappa shape index (κ2) is 6.00. The predicted molar refractivity (Wildman–Crippen MR) is 77.8 cm³/mol. The summed E-state index contributed by atoms with van der Waals surface area (Å²) in [6.45, 7) is 1.34. The van der Waals surface area contributed by atoms with Crippen LogP contribution in [0, 0.1) is 25.4 Å². The summed E-state index contributed by atoms with van der Waals surface area (Å²) in [6, 6.07) is 2.50. The zero-order chi connectivity index (χ0) is 14.0. The number of aliphatic hydroxyl groups excluding tert-OH is 1. The van der Waals surface area contributed by atoms with E-state index >= 15 is 0 Å². The molecule has 1 aromatic rings. The standard InChI is InChI=1S/C12H14FIN2O3/c13-9-5-11(12(16(18)19)6-10(9)14)15-3-1-8(7-17)2-4-15/h5-6,8,17H,1-4,7H2. The Bertz CT molecular complexity index is 490. The first kappa shape index (κ1) is 14.4. The monoisotopic (exact) mass is 380 g/mol. The van der Waals surface area contributed by atoms with Gasteiger partial charge in [0.1, 0.15) is 11.5 Å². The molecule has 0 amide bonds. The fraction of sp³-hybridized carbons (Fsp3) is 0.500. The van der Waals surface area contributed by atoms with Crippen LogP contribution in [0.1, 0.15) is 12.8 Å². The quantitative estimate of drug-likeness (QED) is 0.497. The lowest BCUT2D eigenvalue weighted by Crippen LogP contribution is -2.35.